The van der Waals surface area contributed by atoms with E-state index in [1.807, 2.05) is 0 Å². The molecule has 2 bridgehead atoms. The first-order valence-electron chi connectivity index (χ1n) is 6.62. The topological polar surface area (TPSA) is 23.5 Å². The van der Waals surface area contributed by atoms with Crippen LogP contribution in [0.1, 0.15) is 29.5 Å². The molecule has 3 saturated heterocycles. The van der Waals surface area contributed by atoms with Gasteiger partial charge in [-0.2, -0.15) is 0 Å². The van der Waals surface area contributed by atoms with Crippen molar-refractivity contribution in [3.05, 3.63) is 34.9 Å². The van der Waals surface area contributed by atoms with Crippen LogP contribution in [0.3, 0.4) is 0 Å². The molecule has 0 radical (unpaired) electrons. The third-order valence-corrected chi connectivity index (χ3v) is 4.58. The van der Waals surface area contributed by atoms with Crippen molar-refractivity contribution in [2.75, 3.05) is 19.6 Å². The molecule has 17 heavy (non-hydrogen) atoms. The van der Waals surface area contributed by atoms with E-state index in [1.165, 1.54) is 11.1 Å². The number of rotatable bonds is 1. The maximum absolute atomic E-state index is 11.1. The third kappa shape index (κ3) is 1.71. The average Bonchev–Trinajstić information content (AvgIpc) is 2.29. The molecule has 0 aromatic heterocycles. The molecule has 2 heteroatoms. The molecule has 0 amide bonds. The van der Waals surface area contributed by atoms with Gasteiger partial charge in [0.2, 0.25) is 0 Å². The van der Waals surface area contributed by atoms with E-state index in [-0.39, 0.29) is 0 Å². The van der Waals surface area contributed by atoms with Crippen LogP contribution in [0.25, 0.3) is 0 Å². The molecule has 1 aromatic carbocycles. The van der Waals surface area contributed by atoms with Gasteiger partial charge in [-0.3, -0.25) is 0 Å². The van der Waals surface area contributed by atoms with Gasteiger partial charge in [0.1, 0.15) is 5.60 Å². The van der Waals surface area contributed by atoms with Crippen LogP contribution < -0.4 is 0 Å². The zero-order chi connectivity index (χ0) is 12.0. The summed E-state index contributed by atoms with van der Waals surface area (Å²) in [6.45, 7) is 7.38. The van der Waals surface area contributed by atoms with Crippen molar-refractivity contribution >= 4 is 0 Å². The number of fused-ring (bicyclic) bond motifs is 3. The molecule has 0 spiro atoms. The van der Waals surface area contributed by atoms with E-state index in [0.29, 0.717) is 5.92 Å². The zero-order valence-corrected chi connectivity index (χ0v) is 10.7. The zero-order valence-electron chi connectivity index (χ0n) is 10.7. The lowest BCUT2D eigenvalue weighted by Crippen LogP contribution is -2.57. The largest absolute Gasteiger partial charge is 0.384 e. The summed E-state index contributed by atoms with van der Waals surface area (Å²) < 4.78 is 0. The van der Waals surface area contributed by atoms with E-state index in [4.69, 9.17) is 0 Å². The highest BCUT2D eigenvalue weighted by Gasteiger charge is 2.46. The summed E-state index contributed by atoms with van der Waals surface area (Å²) in [6, 6.07) is 6.44. The number of aryl methyl sites for hydroxylation is 2. The van der Waals surface area contributed by atoms with E-state index < -0.39 is 5.60 Å². The lowest BCUT2D eigenvalue weighted by Gasteiger charge is -2.51. The second kappa shape index (κ2) is 3.82. The number of nitrogens with zero attached hydrogens (tertiary/aromatic N) is 1. The Balaban J connectivity index is 2.02. The SMILES string of the molecule is Cc1ccc([C@]2(O)CN3CCC2CC3)c(C)c1. The summed E-state index contributed by atoms with van der Waals surface area (Å²) in [4.78, 5) is 2.40. The van der Waals surface area contributed by atoms with Crippen molar-refractivity contribution in [3.63, 3.8) is 0 Å². The lowest BCUT2D eigenvalue weighted by molar-refractivity contribution is -0.118. The van der Waals surface area contributed by atoms with Gasteiger partial charge in [0.15, 0.2) is 0 Å². The Kier molecular flexibility index (Phi) is 2.53. The Hall–Kier alpha value is -0.860. The Morgan fingerprint density at radius 2 is 1.94 bits per heavy atom. The Bertz CT molecular complexity index is 435. The third-order valence-electron chi connectivity index (χ3n) is 4.58. The van der Waals surface area contributed by atoms with Gasteiger partial charge in [0.25, 0.3) is 0 Å². The van der Waals surface area contributed by atoms with Gasteiger partial charge in [-0.15, -0.1) is 0 Å². The predicted octanol–water partition coefficient (Wildman–Crippen LogP) is 2.22. The minimum absolute atomic E-state index is 0.453. The molecular formula is C15H21NO. The summed E-state index contributed by atoms with van der Waals surface area (Å²) in [7, 11) is 0. The lowest BCUT2D eigenvalue weighted by atomic mass is 9.70. The number of hydrogen-bond donors (Lipinski definition) is 1. The van der Waals surface area contributed by atoms with Crippen LogP contribution in [0, 0.1) is 19.8 Å². The number of aliphatic hydroxyl groups is 1. The van der Waals surface area contributed by atoms with Crippen molar-refractivity contribution in [3.8, 4) is 0 Å². The first-order chi connectivity index (χ1) is 8.09. The highest BCUT2D eigenvalue weighted by molar-refractivity contribution is 5.36. The fourth-order valence-electron chi connectivity index (χ4n) is 3.64. The Morgan fingerprint density at radius 1 is 1.24 bits per heavy atom. The van der Waals surface area contributed by atoms with Crippen LogP contribution in [0.4, 0.5) is 0 Å². The molecule has 3 fully saturated rings. The van der Waals surface area contributed by atoms with Gasteiger partial charge < -0.3 is 10.0 Å². The van der Waals surface area contributed by atoms with Crippen molar-refractivity contribution < 1.29 is 5.11 Å². The molecule has 2 nitrogen and oxygen atoms in total. The van der Waals surface area contributed by atoms with Crippen LogP contribution in [0.5, 0.6) is 0 Å². The molecule has 92 valence electrons. The first kappa shape index (κ1) is 11.2. The van der Waals surface area contributed by atoms with E-state index in [9.17, 15) is 5.11 Å². The highest BCUT2D eigenvalue weighted by atomic mass is 16.3. The minimum atomic E-state index is -0.603. The summed E-state index contributed by atoms with van der Waals surface area (Å²) >= 11 is 0. The molecule has 0 aliphatic carbocycles. The second-order valence-electron chi connectivity index (χ2n) is 5.79. The summed E-state index contributed by atoms with van der Waals surface area (Å²) in [5.41, 5.74) is 3.06. The highest BCUT2D eigenvalue weighted by Crippen LogP contribution is 2.43. The number of piperidine rings is 3. The first-order valence-corrected chi connectivity index (χ1v) is 6.62. The average molecular weight is 231 g/mol. The summed E-state index contributed by atoms with van der Waals surface area (Å²) in [5, 5.41) is 11.1. The van der Waals surface area contributed by atoms with Crippen molar-refractivity contribution in [2.24, 2.45) is 5.92 Å². The summed E-state index contributed by atoms with van der Waals surface area (Å²) in [5.74, 6) is 0.453. The van der Waals surface area contributed by atoms with Crippen molar-refractivity contribution in [1.82, 2.24) is 4.90 Å². The molecule has 0 unspecified atom stereocenters. The van der Waals surface area contributed by atoms with Gasteiger partial charge in [-0.25, -0.2) is 0 Å². The molecule has 3 heterocycles. The molecule has 4 rings (SSSR count). The molecule has 0 saturated carbocycles. The summed E-state index contributed by atoms with van der Waals surface area (Å²) in [6.07, 6.45) is 2.29. The predicted molar refractivity (Wildman–Crippen MR) is 69.0 cm³/mol. The van der Waals surface area contributed by atoms with Crippen LogP contribution >= 0.6 is 0 Å². The van der Waals surface area contributed by atoms with Crippen LogP contribution in [-0.4, -0.2) is 29.6 Å². The maximum atomic E-state index is 11.1. The smallest absolute Gasteiger partial charge is 0.105 e. The maximum Gasteiger partial charge on any atom is 0.105 e. The van der Waals surface area contributed by atoms with Crippen LogP contribution in [-0.2, 0) is 5.60 Å². The van der Waals surface area contributed by atoms with E-state index in [0.717, 1.165) is 38.0 Å². The monoisotopic (exact) mass is 231 g/mol. The normalized spacial score (nSPS) is 36.2. The standard InChI is InChI=1S/C15H21NO/c1-11-3-4-14(12(2)9-11)15(17)10-16-7-5-13(15)6-8-16/h3-4,9,13,17H,5-8,10H2,1-2H3/t15-/m0/s1. The van der Waals surface area contributed by atoms with E-state index >= 15 is 0 Å². The van der Waals surface area contributed by atoms with Gasteiger partial charge in [-0.05, 0) is 56.8 Å². The van der Waals surface area contributed by atoms with E-state index in [2.05, 4.69) is 36.9 Å². The molecule has 3 aliphatic rings. The number of benzene rings is 1. The van der Waals surface area contributed by atoms with E-state index in [1.54, 1.807) is 0 Å². The molecule has 3 aliphatic heterocycles. The van der Waals surface area contributed by atoms with Crippen LogP contribution in [0.2, 0.25) is 0 Å². The van der Waals surface area contributed by atoms with Crippen LogP contribution in [0.15, 0.2) is 18.2 Å². The molecule has 1 aromatic rings. The fourth-order valence-corrected chi connectivity index (χ4v) is 3.64. The van der Waals surface area contributed by atoms with Gasteiger partial charge >= 0.3 is 0 Å². The molecule has 1 N–H and O–H groups in total. The number of hydrogen-bond acceptors (Lipinski definition) is 2. The van der Waals surface area contributed by atoms with Gasteiger partial charge in [0, 0.05) is 6.54 Å². The molecular weight excluding hydrogens is 210 g/mol. The van der Waals surface area contributed by atoms with Crippen molar-refractivity contribution in [1.29, 1.82) is 0 Å². The van der Waals surface area contributed by atoms with Gasteiger partial charge in [-0.1, -0.05) is 23.8 Å². The Morgan fingerprint density at radius 3 is 2.47 bits per heavy atom. The van der Waals surface area contributed by atoms with Crippen molar-refractivity contribution in [2.45, 2.75) is 32.3 Å². The Labute approximate surface area is 103 Å². The van der Waals surface area contributed by atoms with Gasteiger partial charge in [0.05, 0.1) is 0 Å². The molecule has 1 atom stereocenters. The second-order valence-corrected chi connectivity index (χ2v) is 5.79. The fraction of sp³-hybridized carbons (Fsp3) is 0.600. The quantitative estimate of drug-likeness (QED) is 0.801. The minimum Gasteiger partial charge on any atom is -0.384 e.